The number of hydrogen-bond donors (Lipinski definition) is 0. The van der Waals surface area contributed by atoms with Gasteiger partial charge in [-0.15, -0.1) is 0 Å². The number of nitrogens with zero attached hydrogens (tertiary/aromatic N) is 1. The summed E-state index contributed by atoms with van der Waals surface area (Å²) >= 11 is 0. The van der Waals surface area contributed by atoms with Crippen LogP contribution in [0, 0.1) is 6.92 Å². The van der Waals surface area contributed by atoms with Crippen LogP contribution in [0.1, 0.15) is 26.3 Å². The maximum Gasteiger partial charge on any atom is 0.405 e. The Bertz CT molecular complexity index is 588. The van der Waals surface area contributed by atoms with Crippen molar-refractivity contribution in [1.29, 1.82) is 0 Å². The largest absolute Gasteiger partial charge is 0.462 e. The van der Waals surface area contributed by atoms with Crippen molar-refractivity contribution in [2.75, 3.05) is 0 Å². The molecule has 0 saturated heterocycles. The van der Waals surface area contributed by atoms with Gasteiger partial charge in [0.15, 0.2) is 0 Å². The Morgan fingerprint density at radius 1 is 1.24 bits per heavy atom. The number of ether oxygens (including phenoxy) is 1. The van der Waals surface area contributed by atoms with Gasteiger partial charge in [0, 0.05) is 11.6 Å². The van der Waals surface area contributed by atoms with Gasteiger partial charge in [0.05, 0.1) is 5.52 Å². The topological polar surface area (TPSA) is 40.5 Å². The number of halogens is 2. The van der Waals surface area contributed by atoms with Crippen LogP contribution in [0.2, 0.25) is 0 Å². The first kappa shape index (κ1) is 16.9. The Hall–Kier alpha value is -2.11. The van der Waals surface area contributed by atoms with Crippen molar-refractivity contribution in [1.82, 2.24) is 4.73 Å². The summed E-state index contributed by atoms with van der Waals surface area (Å²) < 4.78 is 29.7. The molecule has 2 rings (SSSR count). The first-order chi connectivity index (χ1) is 9.74. The van der Waals surface area contributed by atoms with Gasteiger partial charge < -0.3 is 9.57 Å². The highest BCUT2D eigenvalue weighted by Crippen LogP contribution is 2.18. The standard InChI is InChI=1S/C10H9F2NO.C5H10O2/c1-7-3-2-4-8-5-6-13(9(7)8)14-10(11)12;1-5(2,3)7-4-6/h2-6,10H,1H3;4H,1-3H3. The van der Waals surface area contributed by atoms with E-state index >= 15 is 0 Å². The maximum atomic E-state index is 12.0. The molecule has 0 radical (unpaired) electrons. The summed E-state index contributed by atoms with van der Waals surface area (Å²) in [6.45, 7) is 4.97. The number of carbonyl (C=O) groups excluding carboxylic acids is 1. The van der Waals surface area contributed by atoms with Gasteiger partial charge in [0.1, 0.15) is 5.60 Å². The van der Waals surface area contributed by atoms with Crippen LogP contribution in [-0.4, -0.2) is 23.4 Å². The van der Waals surface area contributed by atoms with Crippen molar-refractivity contribution in [2.45, 2.75) is 39.9 Å². The lowest BCUT2D eigenvalue weighted by atomic mass is 10.2. The quantitative estimate of drug-likeness (QED) is 0.814. The molecule has 0 saturated carbocycles. The van der Waals surface area contributed by atoms with Crippen LogP contribution in [0.3, 0.4) is 0 Å². The molecule has 0 bridgehead atoms. The molecule has 2 aromatic rings. The van der Waals surface area contributed by atoms with Gasteiger partial charge in [-0.05, 0) is 39.3 Å². The Morgan fingerprint density at radius 2 is 1.90 bits per heavy atom. The molecule has 0 N–H and O–H groups in total. The van der Waals surface area contributed by atoms with Crippen LogP contribution in [0.15, 0.2) is 30.5 Å². The van der Waals surface area contributed by atoms with E-state index in [4.69, 9.17) is 0 Å². The molecule has 116 valence electrons. The number of aryl methyl sites for hydroxylation is 1. The molecule has 0 aliphatic heterocycles. The predicted octanol–water partition coefficient (Wildman–Crippen LogP) is 3.56. The molecule has 4 nitrogen and oxygen atoms in total. The van der Waals surface area contributed by atoms with E-state index in [1.54, 1.807) is 6.07 Å². The first-order valence-electron chi connectivity index (χ1n) is 6.38. The van der Waals surface area contributed by atoms with Gasteiger partial charge in [-0.25, -0.2) is 0 Å². The highest BCUT2D eigenvalue weighted by atomic mass is 19.3. The third-order valence-electron chi connectivity index (χ3n) is 2.47. The molecule has 0 atom stereocenters. The number of carbonyl (C=O) groups is 1. The maximum absolute atomic E-state index is 12.0. The molecular weight excluding hydrogens is 280 g/mol. The van der Waals surface area contributed by atoms with Gasteiger partial charge in [-0.2, -0.15) is 13.5 Å². The lowest BCUT2D eigenvalue weighted by Gasteiger charge is -2.14. The Kier molecular flexibility index (Phi) is 5.69. The number of fused-ring (bicyclic) bond motifs is 1. The van der Waals surface area contributed by atoms with E-state index in [-0.39, 0.29) is 5.60 Å². The SMILES string of the molecule is CC(C)(C)OC=O.Cc1cccc2ccn(OC(F)F)c12. The van der Waals surface area contributed by atoms with Gasteiger partial charge >= 0.3 is 6.61 Å². The van der Waals surface area contributed by atoms with E-state index in [0.717, 1.165) is 15.7 Å². The number of aromatic nitrogens is 1. The molecule has 0 aliphatic carbocycles. The van der Waals surface area contributed by atoms with Crippen molar-refractivity contribution < 1.29 is 23.1 Å². The highest BCUT2D eigenvalue weighted by molar-refractivity contribution is 5.82. The fourth-order valence-corrected chi connectivity index (χ4v) is 1.66. The summed E-state index contributed by atoms with van der Waals surface area (Å²) in [7, 11) is 0. The number of alkyl halides is 2. The summed E-state index contributed by atoms with van der Waals surface area (Å²) in [6, 6.07) is 7.33. The number of hydrogen-bond acceptors (Lipinski definition) is 3. The third kappa shape index (κ3) is 5.41. The van der Waals surface area contributed by atoms with Crippen molar-refractivity contribution >= 4 is 17.4 Å². The lowest BCUT2D eigenvalue weighted by Crippen LogP contribution is -2.17. The minimum atomic E-state index is -2.80. The minimum Gasteiger partial charge on any atom is -0.462 e. The van der Waals surface area contributed by atoms with Gasteiger partial charge in [-0.3, -0.25) is 4.79 Å². The van der Waals surface area contributed by atoms with Gasteiger partial charge in [0.25, 0.3) is 6.47 Å². The van der Waals surface area contributed by atoms with Gasteiger partial charge in [0.2, 0.25) is 0 Å². The lowest BCUT2D eigenvalue weighted by molar-refractivity contribution is -0.138. The van der Waals surface area contributed by atoms with Crippen LogP contribution in [0.25, 0.3) is 10.9 Å². The molecule has 6 heteroatoms. The molecule has 0 unspecified atom stereocenters. The summed E-state index contributed by atoms with van der Waals surface area (Å²) in [6.07, 6.45) is 1.49. The molecule has 21 heavy (non-hydrogen) atoms. The van der Waals surface area contributed by atoms with Crippen LogP contribution in [-0.2, 0) is 9.53 Å². The third-order valence-corrected chi connectivity index (χ3v) is 2.47. The van der Waals surface area contributed by atoms with E-state index in [2.05, 4.69) is 9.57 Å². The van der Waals surface area contributed by atoms with Crippen LogP contribution < -0.4 is 4.84 Å². The van der Waals surface area contributed by atoms with Crippen molar-refractivity contribution in [3.05, 3.63) is 36.0 Å². The molecular formula is C15H19F2NO3. The van der Waals surface area contributed by atoms with Crippen molar-refractivity contribution in [3.8, 4) is 0 Å². The van der Waals surface area contributed by atoms with Crippen molar-refractivity contribution in [2.24, 2.45) is 0 Å². The Balaban J connectivity index is 0.000000270. The second kappa shape index (κ2) is 7.06. The molecule has 0 spiro atoms. The average molecular weight is 299 g/mol. The van der Waals surface area contributed by atoms with E-state index in [9.17, 15) is 13.6 Å². The molecule has 0 fully saturated rings. The highest BCUT2D eigenvalue weighted by Gasteiger charge is 2.08. The minimum absolute atomic E-state index is 0.318. The fraction of sp³-hybridized carbons (Fsp3) is 0.400. The van der Waals surface area contributed by atoms with Crippen LogP contribution in [0.5, 0.6) is 0 Å². The fourth-order valence-electron chi connectivity index (χ4n) is 1.66. The Labute approximate surface area is 122 Å². The summed E-state index contributed by atoms with van der Waals surface area (Å²) in [4.78, 5) is 13.9. The molecule has 1 aromatic heterocycles. The van der Waals surface area contributed by atoms with Crippen molar-refractivity contribution in [3.63, 3.8) is 0 Å². The first-order valence-corrected chi connectivity index (χ1v) is 6.38. The normalized spacial score (nSPS) is 11.0. The van der Waals surface area contributed by atoms with Crippen LogP contribution in [0.4, 0.5) is 8.78 Å². The number of benzene rings is 1. The second-order valence-electron chi connectivity index (χ2n) is 5.35. The zero-order valence-corrected chi connectivity index (χ0v) is 12.5. The monoisotopic (exact) mass is 299 g/mol. The second-order valence-corrected chi connectivity index (χ2v) is 5.35. The average Bonchev–Trinajstić information content (AvgIpc) is 2.72. The van der Waals surface area contributed by atoms with E-state index in [1.165, 1.54) is 6.20 Å². The van der Waals surface area contributed by atoms with Gasteiger partial charge in [-0.1, -0.05) is 18.2 Å². The summed E-state index contributed by atoms with van der Waals surface area (Å²) in [5, 5.41) is 0.894. The van der Waals surface area contributed by atoms with Crippen LogP contribution >= 0.6 is 0 Å². The van der Waals surface area contributed by atoms with E-state index in [0.29, 0.717) is 12.0 Å². The smallest absolute Gasteiger partial charge is 0.405 e. The number of rotatable bonds is 3. The van der Waals surface area contributed by atoms with E-state index < -0.39 is 6.61 Å². The number of para-hydroxylation sites is 1. The van der Waals surface area contributed by atoms with E-state index in [1.807, 2.05) is 45.9 Å². The molecule has 0 aliphatic rings. The zero-order chi connectivity index (χ0) is 16.0. The predicted molar refractivity (Wildman–Crippen MR) is 76.2 cm³/mol. The molecule has 1 aromatic carbocycles. The molecule has 0 amide bonds. The molecule has 1 heterocycles. The zero-order valence-electron chi connectivity index (χ0n) is 12.5. The summed E-state index contributed by atoms with van der Waals surface area (Å²) in [5.41, 5.74) is 1.28. The summed E-state index contributed by atoms with van der Waals surface area (Å²) in [5.74, 6) is 0. The Morgan fingerprint density at radius 3 is 2.38 bits per heavy atom.